The first-order chi connectivity index (χ1) is 15.2. The molecule has 0 atom stereocenters. The lowest BCUT2D eigenvalue weighted by atomic mass is 10.2. The number of nitrogens with zero attached hydrogens (tertiary/aromatic N) is 3. The molecule has 8 nitrogen and oxygen atoms in total. The second kappa shape index (κ2) is 9.72. The van der Waals surface area contributed by atoms with Gasteiger partial charge in [-0.2, -0.15) is 9.30 Å². The highest BCUT2D eigenvalue weighted by molar-refractivity contribution is 7.89. The van der Waals surface area contributed by atoms with Gasteiger partial charge in [0.15, 0.2) is 4.80 Å². The van der Waals surface area contributed by atoms with Crippen LogP contribution in [-0.4, -0.2) is 49.4 Å². The number of sulfonamides is 1. The summed E-state index contributed by atoms with van der Waals surface area (Å²) >= 11 is 1.06. The Labute approximate surface area is 188 Å². The third-order valence-electron chi connectivity index (χ3n) is 4.81. The number of hydrogen-bond acceptors (Lipinski definition) is 6. The van der Waals surface area contributed by atoms with Crippen LogP contribution >= 0.6 is 11.3 Å². The fourth-order valence-corrected chi connectivity index (χ4v) is 5.65. The van der Waals surface area contributed by atoms with E-state index in [-0.39, 0.29) is 27.3 Å². The van der Waals surface area contributed by atoms with E-state index < -0.39 is 27.7 Å². The zero-order chi connectivity index (χ0) is 23.5. The molecule has 1 aromatic heterocycles. The number of esters is 1. The van der Waals surface area contributed by atoms with Crippen molar-refractivity contribution >= 4 is 43.5 Å². The van der Waals surface area contributed by atoms with Gasteiger partial charge in [-0.15, -0.1) is 0 Å². The number of carbonyl (C=O) groups excluding carboxylic acids is 2. The standard InChI is InChI=1S/C21H22FN3O5S2/c1-4-24(5-2)32(28,29)15-11-9-14(10-12-15)20(27)23-21-25(13-18(26)30-3)19-16(22)7-6-8-17(19)31-21/h6-12H,4-5,13H2,1-3H3. The molecule has 2 aromatic carbocycles. The first-order valence-corrected chi connectivity index (χ1v) is 12.0. The SMILES string of the molecule is CCN(CC)S(=O)(=O)c1ccc(C(=O)N=c2sc3cccc(F)c3n2CC(=O)OC)cc1. The summed E-state index contributed by atoms with van der Waals surface area (Å²) in [5.74, 6) is -1.82. The minimum Gasteiger partial charge on any atom is -0.468 e. The Balaban J connectivity index is 2.02. The fourth-order valence-electron chi connectivity index (χ4n) is 3.15. The smallest absolute Gasteiger partial charge is 0.325 e. The van der Waals surface area contributed by atoms with Gasteiger partial charge in [0.25, 0.3) is 5.91 Å². The molecule has 32 heavy (non-hydrogen) atoms. The molecule has 0 N–H and O–H groups in total. The third kappa shape index (κ3) is 4.64. The van der Waals surface area contributed by atoms with E-state index in [1.807, 2.05) is 0 Å². The summed E-state index contributed by atoms with van der Waals surface area (Å²) in [6, 6.07) is 9.89. The minimum atomic E-state index is -3.65. The third-order valence-corrected chi connectivity index (χ3v) is 7.92. The van der Waals surface area contributed by atoms with E-state index in [0.29, 0.717) is 17.8 Å². The van der Waals surface area contributed by atoms with Gasteiger partial charge in [0.1, 0.15) is 12.4 Å². The van der Waals surface area contributed by atoms with Crippen molar-refractivity contribution in [3.63, 3.8) is 0 Å². The number of thiazole rings is 1. The first-order valence-electron chi connectivity index (χ1n) is 9.76. The average Bonchev–Trinajstić information content (AvgIpc) is 3.12. The van der Waals surface area contributed by atoms with Gasteiger partial charge in [-0.3, -0.25) is 9.59 Å². The van der Waals surface area contributed by atoms with Crippen molar-refractivity contribution in [1.82, 2.24) is 8.87 Å². The van der Waals surface area contributed by atoms with Crippen molar-refractivity contribution in [2.45, 2.75) is 25.3 Å². The van der Waals surface area contributed by atoms with Crippen LogP contribution in [0.25, 0.3) is 10.2 Å². The molecule has 0 spiro atoms. The van der Waals surface area contributed by atoms with Crippen LogP contribution < -0.4 is 4.80 Å². The van der Waals surface area contributed by atoms with E-state index in [2.05, 4.69) is 9.73 Å². The fraction of sp³-hybridized carbons (Fsp3) is 0.286. The molecule has 0 unspecified atom stereocenters. The molecule has 0 aliphatic heterocycles. The Morgan fingerprint density at radius 2 is 1.78 bits per heavy atom. The second-order valence-corrected chi connectivity index (χ2v) is 9.61. The summed E-state index contributed by atoms with van der Waals surface area (Å²) in [6.45, 7) is 3.84. The summed E-state index contributed by atoms with van der Waals surface area (Å²) in [4.78, 5) is 28.8. The van der Waals surface area contributed by atoms with Gasteiger partial charge >= 0.3 is 5.97 Å². The van der Waals surface area contributed by atoms with E-state index in [9.17, 15) is 22.4 Å². The number of hydrogen-bond donors (Lipinski definition) is 0. The number of methoxy groups -OCH3 is 1. The van der Waals surface area contributed by atoms with Gasteiger partial charge in [0, 0.05) is 18.7 Å². The van der Waals surface area contributed by atoms with Gasteiger partial charge in [-0.25, -0.2) is 12.8 Å². The molecule has 0 fully saturated rings. The van der Waals surface area contributed by atoms with Crippen LogP contribution in [0.1, 0.15) is 24.2 Å². The van der Waals surface area contributed by atoms with Crippen LogP contribution in [0.3, 0.4) is 0 Å². The maximum absolute atomic E-state index is 14.4. The van der Waals surface area contributed by atoms with Gasteiger partial charge < -0.3 is 9.30 Å². The largest absolute Gasteiger partial charge is 0.468 e. The Hall–Kier alpha value is -2.89. The zero-order valence-corrected chi connectivity index (χ0v) is 19.4. The Bertz CT molecular complexity index is 1320. The van der Waals surface area contributed by atoms with Crippen molar-refractivity contribution in [2.75, 3.05) is 20.2 Å². The monoisotopic (exact) mass is 479 g/mol. The lowest BCUT2D eigenvalue weighted by Crippen LogP contribution is -2.30. The van der Waals surface area contributed by atoms with Crippen LogP contribution in [0.15, 0.2) is 52.4 Å². The second-order valence-electron chi connectivity index (χ2n) is 6.66. The van der Waals surface area contributed by atoms with Crippen molar-refractivity contribution in [2.24, 2.45) is 4.99 Å². The van der Waals surface area contributed by atoms with Crippen molar-refractivity contribution in [3.05, 3.63) is 58.6 Å². The van der Waals surface area contributed by atoms with Crippen LogP contribution in [-0.2, 0) is 26.1 Å². The summed E-state index contributed by atoms with van der Waals surface area (Å²) in [5.41, 5.74) is 0.307. The van der Waals surface area contributed by atoms with Crippen LogP contribution in [0.2, 0.25) is 0 Å². The Kier molecular flexibility index (Phi) is 7.22. The number of halogens is 1. The van der Waals surface area contributed by atoms with Gasteiger partial charge in [-0.05, 0) is 36.4 Å². The minimum absolute atomic E-state index is 0.0717. The van der Waals surface area contributed by atoms with E-state index in [1.54, 1.807) is 19.9 Å². The highest BCUT2D eigenvalue weighted by Gasteiger charge is 2.22. The van der Waals surface area contributed by atoms with Crippen LogP contribution in [0.5, 0.6) is 0 Å². The number of para-hydroxylation sites is 1. The molecule has 1 amide bonds. The molecule has 0 saturated heterocycles. The molecule has 0 aliphatic rings. The van der Waals surface area contributed by atoms with Crippen molar-refractivity contribution in [1.29, 1.82) is 0 Å². The highest BCUT2D eigenvalue weighted by Crippen LogP contribution is 2.21. The summed E-state index contributed by atoms with van der Waals surface area (Å²) in [5, 5.41) is 0. The number of benzene rings is 2. The highest BCUT2D eigenvalue weighted by atomic mass is 32.2. The molecular formula is C21H22FN3O5S2. The van der Waals surface area contributed by atoms with Crippen molar-refractivity contribution < 1.29 is 27.1 Å². The first kappa shape index (κ1) is 23.8. The summed E-state index contributed by atoms with van der Waals surface area (Å²) in [6.07, 6.45) is 0. The molecule has 1 heterocycles. The Morgan fingerprint density at radius 1 is 1.12 bits per heavy atom. The number of carbonyl (C=O) groups is 2. The van der Waals surface area contributed by atoms with Gasteiger partial charge in [0.2, 0.25) is 10.0 Å². The van der Waals surface area contributed by atoms with Gasteiger partial charge in [0.05, 0.1) is 22.2 Å². The number of ether oxygens (including phenoxy) is 1. The van der Waals surface area contributed by atoms with E-state index in [1.165, 1.54) is 52.4 Å². The topological polar surface area (TPSA) is 98.0 Å². The predicted octanol–water partition coefficient (Wildman–Crippen LogP) is 2.79. The molecule has 0 saturated carbocycles. The van der Waals surface area contributed by atoms with Crippen LogP contribution in [0.4, 0.5) is 4.39 Å². The Morgan fingerprint density at radius 3 is 2.38 bits per heavy atom. The number of fused-ring (bicyclic) bond motifs is 1. The lowest BCUT2D eigenvalue weighted by Gasteiger charge is -2.18. The molecular weight excluding hydrogens is 457 g/mol. The van der Waals surface area contributed by atoms with Gasteiger partial charge in [-0.1, -0.05) is 31.3 Å². The molecule has 11 heteroatoms. The molecule has 3 rings (SSSR count). The normalized spacial score (nSPS) is 12.5. The van der Waals surface area contributed by atoms with E-state index >= 15 is 0 Å². The maximum atomic E-state index is 14.4. The summed E-state index contributed by atoms with van der Waals surface area (Å²) in [7, 11) is -2.44. The summed E-state index contributed by atoms with van der Waals surface area (Å²) < 4.78 is 47.4. The van der Waals surface area contributed by atoms with Crippen LogP contribution in [0, 0.1) is 5.82 Å². The van der Waals surface area contributed by atoms with E-state index in [0.717, 1.165) is 11.3 Å². The molecule has 170 valence electrons. The predicted molar refractivity (Wildman–Crippen MR) is 118 cm³/mol. The molecule has 3 aromatic rings. The lowest BCUT2D eigenvalue weighted by molar-refractivity contribution is -0.141. The molecule has 0 radical (unpaired) electrons. The number of amides is 1. The number of aromatic nitrogens is 1. The zero-order valence-electron chi connectivity index (χ0n) is 17.7. The molecule has 0 bridgehead atoms. The number of rotatable bonds is 7. The average molecular weight is 480 g/mol. The van der Waals surface area contributed by atoms with Crippen molar-refractivity contribution in [3.8, 4) is 0 Å². The molecule has 0 aliphatic carbocycles. The maximum Gasteiger partial charge on any atom is 0.325 e. The van der Waals surface area contributed by atoms with E-state index in [4.69, 9.17) is 0 Å². The quantitative estimate of drug-likeness (QED) is 0.486.